The van der Waals surface area contributed by atoms with E-state index in [4.69, 9.17) is 31.4 Å². The Morgan fingerprint density at radius 2 is 1.74 bits per heavy atom. The number of rotatable bonds is 13. The van der Waals surface area contributed by atoms with E-state index in [2.05, 4.69) is 15.3 Å². The lowest BCUT2D eigenvalue weighted by Gasteiger charge is -2.16. The number of amides is 1. The third-order valence-corrected chi connectivity index (χ3v) is 4.63. The second-order valence-electron chi connectivity index (χ2n) is 6.99. The molecule has 10 nitrogen and oxygen atoms in total. The summed E-state index contributed by atoms with van der Waals surface area (Å²) in [4.78, 5) is 20.1. The Hall–Kier alpha value is -3.27. The fourth-order valence-corrected chi connectivity index (χ4v) is 3.01. The van der Waals surface area contributed by atoms with Crippen LogP contribution in [0.15, 0.2) is 18.3 Å². The minimum absolute atomic E-state index is 0.119. The van der Waals surface area contributed by atoms with Crippen molar-refractivity contribution in [3.05, 3.63) is 29.5 Å². The maximum atomic E-state index is 12.1. The number of nitrogens with two attached hydrogens (primary N) is 3. The molecule has 0 bridgehead atoms. The first-order chi connectivity index (χ1) is 15.0. The number of ether oxygens (including phenoxy) is 3. The topological polar surface area (TPSA) is 161 Å². The molecule has 1 aromatic carbocycles. The van der Waals surface area contributed by atoms with E-state index in [9.17, 15) is 4.79 Å². The molecule has 0 atom stereocenters. The highest BCUT2D eigenvalue weighted by Crippen LogP contribution is 2.39. The van der Waals surface area contributed by atoms with Crippen LogP contribution in [0.4, 0.5) is 11.8 Å². The third-order valence-electron chi connectivity index (χ3n) is 4.63. The first-order valence-electron chi connectivity index (χ1n) is 10.2. The highest BCUT2D eigenvalue weighted by atomic mass is 16.5. The lowest BCUT2D eigenvalue weighted by molar-refractivity contribution is -0.123. The SMILES string of the molecule is COc1cc(Cc2cnc(N)nc2N)cc(OC)c1OCC(=O)NCCCCCCN. The fraction of sp³-hybridized carbons (Fsp3) is 0.476. The first-order valence-corrected chi connectivity index (χ1v) is 10.2. The molecule has 1 aromatic heterocycles. The molecule has 0 aliphatic rings. The Morgan fingerprint density at radius 3 is 2.35 bits per heavy atom. The number of nitrogen functional groups attached to an aromatic ring is 2. The van der Waals surface area contributed by atoms with Crippen molar-refractivity contribution in [2.45, 2.75) is 32.1 Å². The average molecular weight is 433 g/mol. The molecule has 2 aromatic rings. The van der Waals surface area contributed by atoms with Gasteiger partial charge >= 0.3 is 0 Å². The zero-order valence-electron chi connectivity index (χ0n) is 18.1. The van der Waals surface area contributed by atoms with Crippen molar-refractivity contribution < 1.29 is 19.0 Å². The molecule has 0 unspecified atom stereocenters. The number of carbonyl (C=O) groups is 1. The quantitative estimate of drug-likeness (QED) is 0.341. The predicted molar refractivity (Wildman–Crippen MR) is 119 cm³/mol. The van der Waals surface area contributed by atoms with E-state index in [-0.39, 0.29) is 18.5 Å². The van der Waals surface area contributed by atoms with Gasteiger partial charge in [0.15, 0.2) is 18.1 Å². The second-order valence-corrected chi connectivity index (χ2v) is 6.99. The van der Waals surface area contributed by atoms with Gasteiger partial charge in [-0.15, -0.1) is 0 Å². The summed E-state index contributed by atoms with van der Waals surface area (Å²) in [6.07, 6.45) is 6.05. The van der Waals surface area contributed by atoms with Crippen LogP contribution < -0.4 is 36.7 Å². The van der Waals surface area contributed by atoms with Crippen molar-refractivity contribution in [2.75, 3.05) is 45.4 Å². The van der Waals surface area contributed by atoms with E-state index < -0.39 is 0 Å². The van der Waals surface area contributed by atoms with Gasteiger partial charge in [0.25, 0.3) is 5.91 Å². The number of hydrogen-bond acceptors (Lipinski definition) is 9. The molecular formula is C21H32N6O4. The number of unbranched alkanes of at least 4 members (excludes halogenated alkanes) is 3. The number of hydrogen-bond donors (Lipinski definition) is 4. The van der Waals surface area contributed by atoms with Crippen molar-refractivity contribution in [1.82, 2.24) is 15.3 Å². The fourth-order valence-electron chi connectivity index (χ4n) is 3.01. The molecule has 0 radical (unpaired) electrons. The van der Waals surface area contributed by atoms with Crippen LogP contribution in [0.25, 0.3) is 0 Å². The number of nitrogens with one attached hydrogen (secondary N) is 1. The standard InChI is InChI=1S/C21H32N6O4/c1-29-16-10-14(9-15-12-26-21(24)27-20(15)23)11-17(30-2)19(16)31-13-18(28)25-8-6-4-3-5-7-22/h10-12H,3-9,13,22H2,1-2H3,(H,25,28)(H4,23,24,26,27). The number of nitrogens with zero attached hydrogens (tertiary/aromatic N) is 2. The molecule has 1 heterocycles. The molecule has 0 saturated carbocycles. The summed E-state index contributed by atoms with van der Waals surface area (Å²) >= 11 is 0. The van der Waals surface area contributed by atoms with Gasteiger partial charge in [-0.25, -0.2) is 4.98 Å². The zero-order chi connectivity index (χ0) is 22.6. The largest absolute Gasteiger partial charge is 0.493 e. The van der Waals surface area contributed by atoms with Crippen LogP contribution in [-0.2, 0) is 11.2 Å². The number of benzene rings is 1. The number of carbonyl (C=O) groups excluding carboxylic acids is 1. The van der Waals surface area contributed by atoms with E-state index in [1.54, 1.807) is 18.3 Å². The summed E-state index contributed by atoms with van der Waals surface area (Å²) in [7, 11) is 3.04. The lowest BCUT2D eigenvalue weighted by atomic mass is 10.1. The van der Waals surface area contributed by atoms with E-state index in [1.807, 2.05) is 0 Å². The van der Waals surface area contributed by atoms with Crippen molar-refractivity contribution in [3.63, 3.8) is 0 Å². The van der Waals surface area contributed by atoms with E-state index in [1.165, 1.54) is 14.2 Å². The second kappa shape index (κ2) is 12.4. The van der Waals surface area contributed by atoms with Crippen LogP contribution in [0, 0.1) is 0 Å². The van der Waals surface area contributed by atoms with E-state index >= 15 is 0 Å². The van der Waals surface area contributed by atoms with Gasteiger partial charge in [-0.05, 0) is 37.1 Å². The maximum Gasteiger partial charge on any atom is 0.257 e. The van der Waals surface area contributed by atoms with Crippen LogP contribution in [0.5, 0.6) is 17.2 Å². The number of methoxy groups -OCH3 is 2. The van der Waals surface area contributed by atoms with E-state index in [0.29, 0.717) is 42.6 Å². The van der Waals surface area contributed by atoms with Gasteiger partial charge in [-0.3, -0.25) is 4.79 Å². The minimum Gasteiger partial charge on any atom is -0.493 e. The molecule has 1 amide bonds. The molecule has 0 fully saturated rings. The molecule has 10 heteroatoms. The highest BCUT2D eigenvalue weighted by molar-refractivity contribution is 5.77. The van der Waals surface area contributed by atoms with Crippen molar-refractivity contribution in [1.29, 1.82) is 0 Å². The predicted octanol–water partition coefficient (Wildman–Crippen LogP) is 1.26. The molecule has 170 valence electrons. The van der Waals surface area contributed by atoms with Crippen LogP contribution in [0.3, 0.4) is 0 Å². The smallest absolute Gasteiger partial charge is 0.257 e. The Kier molecular flexibility index (Phi) is 9.63. The van der Waals surface area contributed by atoms with Crippen molar-refractivity contribution >= 4 is 17.7 Å². The monoisotopic (exact) mass is 432 g/mol. The summed E-state index contributed by atoms with van der Waals surface area (Å²) in [5.41, 5.74) is 18.5. The Morgan fingerprint density at radius 1 is 1.06 bits per heavy atom. The third kappa shape index (κ3) is 7.49. The average Bonchev–Trinajstić information content (AvgIpc) is 2.76. The van der Waals surface area contributed by atoms with Gasteiger partial charge in [-0.1, -0.05) is 12.8 Å². The molecule has 31 heavy (non-hydrogen) atoms. The maximum absolute atomic E-state index is 12.1. The van der Waals surface area contributed by atoms with Crippen LogP contribution in [0.1, 0.15) is 36.8 Å². The van der Waals surface area contributed by atoms with Gasteiger partial charge < -0.3 is 36.7 Å². The van der Waals surface area contributed by atoms with Gasteiger partial charge in [0.1, 0.15) is 5.82 Å². The molecule has 0 spiro atoms. The Bertz CT molecular complexity index is 837. The Labute approximate surface area is 182 Å². The summed E-state index contributed by atoms with van der Waals surface area (Å²) in [5, 5.41) is 2.84. The van der Waals surface area contributed by atoms with Crippen LogP contribution in [-0.4, -0.2) is 49.8 Å². The number of anilines is 2. The summed E-state index contributed by atoms with van der Waals surface area (Å²) in [6, 6.07) is 3.59. The van der Waals surface area contributed by atoms with Crippen LogP contribution in [0.2, 0.25) is 0 Å². The van der Waals surface area contributed by atoms with E-state index in [0.717, 1.165) is 36.8 Å². The van der Waals surface area contributed by atoms with Gasteiger partial charge in [0.05, 0.1) is 14.2 Å². The molecular weight excluding hydrogens is 400 g/mol. The number of aromatic nitrogens is 2. The summed E-state index contributed by atoms with van der Waals surface area (Å²) in [5.74, 6) is 1.46. The first kappa shape index (κ1) is 24.0. The Balaban J connectivity index is 2.01. The lowest BCUT2D eigenvalue weighted by Crippen LogP contribution is -2.29. The molecule has 7 N–H and O–H groups in total. The zero-order valence-corrected chi connectivity index (χ0v) is 18.1. The molecule has 0 aliphatic carbocycles. The van der Waals surface area contributed by atoms with Crippen LogP contribution >= 0.6 is 0 Å². The van der Waals surface area contributed by atoms with Gasteiger partial charge in [-0.2, -0.15) is 4.98 Å². The summed E-state index contributed by atoms with van der Waals surface area (Å²) < 4.78 is 16.6. The highest BCUT2D eigenvalue weighted by Gasteiger charge is 2.17. The summed E-state index contributed by atoms with van der Waals surface area (Å²) in [6.45, 7) is 1.16. The molecule has 0 saturated heterocycles. The van der Waals surface area contributed by atoms with Gasteiger partial charge in [0.2, 0.25) is 11.7 Å². The minimum atomic E-state index is -0.209. The van der Waals surface area contributed by atoms with Gasteiger partial charge in [0, 0.05) is 24.7 Å². The van der Waals surface area contributed by atoms with Crippen molar-refractivity contribution in [3.8, 4) is 17.2 Å². The molecule has 2 rings (SSSR count). The normalized spacial score (nSPS) is 10.5. The van der Waals surface area contributed by atoms with Crippen molar-refractivity contribution in [2.24, 2.45) is 5.73 Å². The molecule has 0 aliphatic heterocycles.